The van der Waals surface area contributed by atoms with Crippen LogP contribution in [0.3, 0.4) is 0 Å². The minimum atomic E-state index is -0.393. The molecule has 1 N–H and O–H groups in total. The molecule has 1 aliphatic heterocycles. The van der Waals surface area contributed by atoms with Gasteiger partial charge in [0.25, 0.3) is 11.7 Å². The van der Waals surface area contributed by atoms with Crippen molar-refractivity contribution in [2.24, 2.45) is 0 Å². The smallest absolute Gasteiger partial charge is 0.295 e. The number of amides is 1. The van der Waals surface area contributed by atoms with E-state index < -0.39 is 5.78 Å². The van der Waals surface area contributed by atoms with Crippen LogP contribution in [0, 0.1) is 6.92 Å². The Bertz CT molecular complexity index is 722. The van der Waals surface area contributed by atoms with E-state index in [0.717, 1.165) is 35.9 Å². The maximum Gasteiger partial charge on any atom is 0.295 e. The minimum absolute atomic E-state index is 0.130. The van der Waals surface area contributed by atoms with Gasteiger partial charge in [-0.15, -0.1) is 0 Å². The summed E-state index contributed by atoms with van der Waals surface area (Å²) in [7, 11) is 0. The average molecular weight is 298 g/mol. The molecule has 1 amide bonds. The molecule has 1 fully saturated rings. The van der Waals surface area contributed by atoms with E-state index in [0.29, 0.717) is 5.56 Å². The lowest BCUT2D eigenvalue weighted by molar-refractivity contribution is -0.132. The number of para-hydroxylation sites is 1. The molecular weight excluding hydrogens is 276 g/mol. The van der Waals surface area contributed by atoms with Gasteiger partial charge in [0.1, 0.15) is 0 Å². The standard InChI is InChI=1S/C18H22N2O2/c1-11-7-6-8-12(2)20(11)18(22)17(21)16-13(3)19-15-10-5-4-9-14(15)16/h4-5,9-12,19H,6-8H2,1-3H3. The van der Waals surface area contributed by atoms with Crippen molar-refractivity contribution in [1.82, 2.24) is 9.88 Å². The summed E-state index contributed by atoms with van der Waals surface area (Å²) in [6, 6.07) is 7.89. The van der Waals surface area contributed by atoms with Crippen LogP contribution in [0.1, 0.15) is 49.2 Å². The summed E-state index contributed by atoms with van der Waals surface area (Å²) in [5, 5.41) is 0.829. The summed E-state index contributed by atoms with van der Waals surface area (Å²) in [5.74, 6) is -0.761. The van der Waals surface area contributed by atoms with Crippen molar-refractivity contribution in [2.45, 2.75) is 52.1 Å². The molecule has 3 rings (SSSR count). The zero-order valence-corrected chi connectivity index (χ0v) is 13.3. The molecule has 22 heavy (non-hydrogen) atoms. The molecule has 4 nitrogen and oxygen atoms in total. The normalized spacial score (nSPS) is 22.0. The average Bonchev–Trinajstić information content (AvgIpc) is 2.82. The lowest BCUT2D eigenvalue weighted by Gasteiger charge is -2.38. The summed E-state index contributed by atoms with van der Waals surface area (Å²) >= 11 is 0. The van der Waals surface area contributed by atoms with Crippen molar-refractivity contribution in [2.75, 3.05) is 0 Å². The number of aryl methyl sites for hydroxylation is 1. The van der Waals surface area contributed by atoms with E-state index in [1.807, 2.05) is 45.0 Å². The third-order valence-electron chi connectivity index (χ3n) is 4.74. The van der Waals surface area contributed by atoms with Crippen molar-refractivity contribution in [3.8, 4) is 0 Å². The zero-order chi connectivity index (χ0) is 15.9. The van der Waals surface area contributed by atoms with Gasteiger partial charge in [0.15, 0.2) is 0 Å². The highest BCUT2D eigenvalue weighted by atomic mass is 16.2. The first-order valence-corrected chi connectivity index (χ1v) is 7.95. The van der Waals surface area contributed by atoms with Crippen molar-refractivity contribution >= 4 is 22.6 Å². The quantitative estimate of drug-likeness (QED) is 0.682. The van der Waals surface area contributed by atoms with E-state index in [1.54, 1.807) is 4.90 Å². The van der Waals surface area contributed by atoms with Crippen LogP contribution in [0.25, 0.3) is 10.9 Å². The number of benzene rings is 1. The molecule has 1 saturated heterocycles. The van der Waals surface area contributed by atoms with Crippen LogP contribution in [0.2, 0.25) is 0 Å². The zero-order valence-electron chi connectivity index (χ0n) is 13.3. The Hall–Kier alpha value is -2.10. The third-order valence-corrected chi connectivity index (χ3v) is 4.74. The number of H-pyrrole nitrogens is 1. The highest BCUT2D eigenvalue weighted by Crippen LogP contribution is 2.26. The molecule has 1 aliphatic rings. The van der Waals surface area contributed by atoms with Gasteiger partial charge < -0.3 is 9.88 Å². The van der Waals surface area contributed by atoms with E-state index in [1.165, 1.54) is 0 Å². The molecule has 4 heteroatoms. The van der Waals surface area contributed by atoms with Gasteiger partial charge in [0, 0.05) is 28.7 Å². The molecule has 2 aromatic rings. The number of Topliss-reactive ketones (excluding diaryl/α,β-unsaturated/α-hetero) is 1. The van der Waals surface area contributed by atoms with Gasteiger partial charge in [0.2, 0.25) is 0 Å². The van der Waals surface area contributed by atoms with E-state index in [-0.39, 0.29) is 18.0 Å². The van der Waals surface area contributed by atoms with Gasteiger partial charge in [0.05, 0.1) is 5.56 Å². The van der Waals surface area contributed by atoms with Crippen LogP contribution in [-0.2, 0) is 4.79 Å². The number of ketones is 1. The summed E-state index contributed by atoms with van der Waals surface area (Å²) < 4.78 is 0. The molecule has 0 radical (unpaired) electrons. The Labute approximate surface area is 130 Å². The number of aromatic nitrogens is 1. The molecule has 1 aromatic heterocycles. The molecule has 0 aliphatic carbocycles. The first kappa shape index (κ1) is 14.8. The van der Waals surface area contributed by atoms with Crippen LogP contribution in [0.4, 0.5) is 0 Å². The number of carbonyl (C=O) groups is 2. The highest BCUT2D eigenvalue weighted by molar-refractivity contribution is 6.45. The molecule has 1 aromatic carbocycles. The van der Waals surface area contributed by atoms with Gasteiger partial charge in [-0.2, -0.15) is 0 Å². The minimum Gasteiger partial charge on any atom is -0.358 e. The predicted octanol–water partition coefficient (Wildman–Crippen LogP) is 3.45. The maximum atomic E-state index is 12.8. The number of rotatable bonds is 2. The van der Waals surface area contributed by atoms with Crippen LogP contribution in [-0.4, -0.2) is 33.7 Å². The number of aromatic amines is 1. The second kappa shape index (κ2) is 5.59. The van der Waals surface area contributed by atoms with Gasteiger partial charge >= 0.3 is 0 Å². The summed E-state index contributed by atoms with van der Waals surface area (Å²) in [6.07, 6.45) is 3.05. The molecule has 0 bridgehead atoms. The molecule has 2 unspecified atom stereocenters. The molecule has 2 atom stereocenters. The van der Waals surface area contributed by atoms with Crippen molar-refractivity contribution < 1.29 is 9.59 Å². The van der Waals surface area contributed by atoms with Gasteiger partial charge in [-0.05, 0) is 46.1 Å². The Balaban J connectivity index is 1.98. The van der Waals surface area contributed by atoms with E-state index in [9.17, 15) is 9.59 Å². The van der Waals surface area contributed by atoms with Crippen molar-refractivity contribution in [3.05, 3.63) is 35.5 Å². The molecule has 116 valence electrons. The number of nitrogens with zero attached hydrogens (tertiary/aromatic N) is 1. The molecule has 2 heterocycles. The largest absolute Gasteiger partial charge is 0.358 e. The Morgan fingerprint density at radius 2 is 1.77 bits per heavy atom. The number of likely N-dealkylation sites (tertiary alicyclic amines) is 1. The summed E-state index contributed by atoms with van der Waals surface area (Å²) in [4.78, 5) is 30.6. The third kappa shape index (κ3) is 2.32. The SMILES string of the molecule is Cc1[nH]c2ccccc2c1C(=O)C(=O)N1C(C)CCCC1C. The lowest BCUT2D eigenvalue weighted by atomic mass is 9.95. The van der Waals surface area contributed by atoms with Crippen LogP contribution in [0.15, 0.2) is 24.3 Å². The topological polar surface area (TPSA) is 53.2 Å². The maximum absolute atomic E-state index is 12.8. The highest BCUT2D eigenvalue weighted by Gasteiger charge is 2.34. The van der Waals surface area contributed by atoms with Gasteiger partial charge in [-0.25, -0.2) is 0 Å². The number of hydrogen-bond donors (Lipinski definition) is 1. The second-order valence-corrected chi connectivity index (χ2v) is 6.34. The van der Waals surface area contributed by atoms with Crippen molar-refractivity contribution in [1.29, 1.82) is 0 Å². The van der Waals surface area contributed by atoms with Gasteiger partial charge in [-0.3, -0.25) is 9.59 Å². The van der Waals surface area contributed by atoms with Crippen LogP contribution in [0.5, 0.6) is 0 Å². The first-order chi connectivity index (χ1) is 10.5. The van der Waals surface area contributed by atoms with Gasteiger partial charge in [-0.1, -0.05) is 18.2 Å². The number of carbonyl (C=O) groups excluding carboxylic acids is 2. The molecule has 0 saturated carbocycles. The van der Waals surface area contributed by atoms with Crippen molar-refractivity contribution in [3.63, 3.8) is 0 Å². The molecule has 0 spiro atoms. The Morgan fingerprint density at radius 3 is 2.45 bits per heavy atom. The Kier molecular flexibility index (Phi) is 3.77. The first-order valence-electron chi connectivity index (χ1n) is 7.95. The summed E-state index contributed by atoms with van der Waals surface area (Å²) in [5.41, 5.74) is 2.18. The van der Waals surface area contributed by atoms with Crippen LogP contribution >= 0.6 is 0 Å². The number of piperidine rings is 1. The molecular formula is C18H22N2O2. The fourth-order valence-corrected chi connectivity index (χ4v) is 3.62. The van der Waals surface area contributed by atoms with E-state index in [4.69, 9.17) is 0 Å². The second-order valence-electron chi connectivity index (χ2n) is 6.34. The number of nitrogens with one attached hydrogen (secondary N) is 1. The fourth-order valence-electron chi connectivity index (χ4n) is 3.62. The van der Waals surface area contributed by atoms with E-state index in [2.05, 4.69) is 4.98 Å². The summed E-state index contributed by atoms with van der Waals surface area (Å²) in [6.45, 7) is 5.91. The fraction of sp³-hybridized carbons (Fsp3) is 0.444. The van der Waals surface area contributed by atoms with E-state index >= 15 is 0 Å². The Morgan fingerprint density at radius 1 is 1.14 bits per heavy atom. The number of hydrogen-bond acceptors (Lipinski definition) is 2. The lowest BCUT2D eigenvalue weighted by Crippen LogP contribution is -2.50. The van der Waals surface area contributed by atoms with Crippen LogP contribution < -0.4 is 0 Å². The predicted molar refractivity (Wildman–Crippen MR) is 87.0 cm³/mol. The monoisotopic (exact) mass is 298 g/mol. The number of fused-ring (bicyclic) bond motifs is 1.